The van der Waals surface area contributed by atoms with E-state index in [1.54, 1.807) is 48.5 Å². The summed E-state index contributed by atoms with van der Waals surface area (Å²) in [5.41, 5.74) is 1.86. The molecule has 1 aliphatic heterocycles. The van der Waals surface area contributed by atoms with Gasteiger partial charge in [0.25, 0.3) is 0 Å². The van der Waals surface area contributed by atoms with E-state index < -0.39 is 0 Å². The number of carbonyl (C=O) groups excluding carboxylic acids is 2. The minimum atomic E-state index is -0.193. The van der Waals surface area contributed by atoms with E-state index in [0.29, 0.717) is 29.2 Å². The largest absolute Gasteiger partial charge is 0.494 e. The monoisotopic (exact) mass is 478 g/mol. The highest BCUT2D eigenvalue weighted by Gasteiger charge is 2.27. The molecule has 31 heavy (non-hydrogen) atoms. The van der Waals surface area contributed by atoms with Gasteiger partial charge in [-0.3, -0.25) is 9.59 Å². The van der Waals surface area contributed by atoms with Gasteiger partial charge in [-0.1, -0.05) is 40.2 Å². The van der Waals surface area contributed by atoms with Crippen molar-refractivity contribution in [2.75, 3.05) is 13.2 Å². The maximum Gasteiger partial charge on any atom is 0.231 e. The second-order valence-electron chi connectivity index (χ2n) is 6.82. The number of hydrogen-bond donors (Lipinski definition) is 0. The van der Waals surface area contributed by atoms with Crippen molar-refractivity contribution in [3.8, 4) is 17.2 Å². The molecule has 0 bridgehead atoms. The zero-order valence-electron chi connectivity index (χ0n) is 16.8. The van der Waals surface area contributed by atoms with Crippen molar-refractivity contribution in [1.29, 1.82) is 0 Å². The topological polar surface area (TPSA) is 61.8 Å². The first-order chi connectivity index (χ1) is 15.0. The molecule has 0 spiro atoms. The maximum absolute atomic E-state index is 12.6. The fourth-order valence-corrected chi connectivity index (χ4v) is 3.37. The highest BCUT2D eigenvalue weighted by atomic mass is 79.9. The van der Waals surface area contributed by atoms with Crippen LogP contribution in [0.25, 0.3) is 6.08 Å². The van der Waals surface area contributed by atoms with Crippen molar-refractivity contribution < 1.29 is 23.8 Å². The Balaban J connectivity index is 1.44. The predicted molar refractivity (Wildman–Crippen MR) is 121 cm³/mol. The summed E-state index contributed by atoms with van der Waals surface area (Å²) < 4.78 is 17.7. The van der Waals surface area contributed by atoms with Crippen LogP contribution in [0.1, 0.15) is 33.2 Å². The van der Waals surface area contributed by atoms with Crippen LogP contribution in [0, 0.1) is 0 Å². The molecule has 6 heteroatoms. The molecule has 0 saturated carbocycles. The van der Waals surface area contributed by atoms with Crippen molar-refractivity contribution in [3.63, 3.8) is 0 Å². The summed E-state index contributed by atoms with van der Waals surface area (Å²) in [6.45, 7) is 2.41. The summed E-state index contributed by atoms with van der Waals surface area (Å²) in [7, 11) is 0. The minimum Gasteiger partial charge on any atom is -0.494 e. The highest BCUT2D eigenvalue weighted by Crippen LogP contribution is 2.35. The van der Waals surface area contributed by atoms with Crippen LogP contribution in [0.4, 0.5) is 0 Å². The molecule has 1 aliphatic rings. The second-order valence-corrected chi connectivity index (χ2v) is 7.73. The lowest BCUT2D eigenvalue weighted by Gasteiger charge is -2.07. The van der Waals surface area contributed by atoms with Crippen molar-refractivity contribution in [3.05, 3.63) is 93.7 Å². The lowest BCUT2D eigenvalue weighted by Crippen LogP contribution is -2.11. The van der Waals surface area contributed by atoms with E-state index in [2.05, 4.69) is 15.9 Å². The molecule has 0 radical (unpaired) electrons. The number of fused-ring (bicyclic) bond motifs is 1. The van der Waals surface area contributed by atoms with E-state index in [1.165, 1.54) is 0 Å². The van der Waals surface area contributed by atoms with E-state index in [-0.39, 0.29) is 23.9 Å². The summed E-state index contributed by atoms with van der Waals surface area (Å²) in [5, 5.41) is 0. The van der Waals surface area contributed by atoms with E-state index in [0.717, 1.165) is 15.8 Å². The maximum atomic E-state index is 12.6. The zero-order valence-corrected chi connectivity index (χ0v) is 18.3. The Kier molecular flexibility index (Phi) is 6.18. The molecule has 3 aromatic rings. The molecule has 0 aliphatic carbocycles. The van der Waals surface area contributed by atoms with Crippen LogP contribution in [-0.4, -0.2) is 24.8 Å². The molecule has 3 aromatic carbocycles. The molecule has 156 valence electrons. The van der Waals surface area contributed by atoms with Gasteiger partial charge in [0, 0.05) is 16.1 Å². The quantitative estimate of drug-likeness (QED) is 0.320. The number of hydrogen-bond acceptors (Lipinski definition) is 5. The smallest absolute Gasteiger partial charge is 0.231 e. The number of ketones is 2. The van der Waals surface area contributed by atoms with Gasteiger partial charge in [-0.25, -0.2) is 0 Å². The first-order valence-corrected chi connectivity index (χ1v) is 10.6. The Bertz CT molecular complexity index is 1150. The van der Waals surface area contributed by atoms with Gasteiger partial charge in [-0.05, 0) is 55.0 Å². The van der Waals surface area contributed by atoms with Crippen LogP contribution in [-0.2, 0) is 0 Å². The molecular weight excluding hydrogens is 460 g/mol. The molecule has 0 saturated heterocycles. The van der Waals surface area contributed by atoms with Crippen molar-refractivity contribution in [1.82, 2.24) is 0 Å². The predicted octanol–water partition coefficient (Wildman–Crippen LogP) is 5.73. The van der Waals surface area contributed by atoms with E-state index in [1.807, 2.05) is 31.2 Å². The molecule has 4 rings (SSSR count). The van der Waals surface area contributed by atoms with E-state index in [9.17, 15) is 9.59 Å². The van der Waals surface area contributed by atoms with Crippen molar-refractivity contribution in [2.45, 2.75) is 6.92 Å². The van der Waals surface area contributed by atoms with E-state index in [4.69, 9.17) is 14.2 Å². The van der Waals surface area contributed by atoms with E-state index >= 15 is 0 Å². The fraction of sp³-hybridized carbons (Fsp3) is 0.120. The zero-order chi connectivity index (χ0) is 21.8. The van der Waals surface area contributed by atoms with Crippen molar-refractivity contribution in [2.24, 2.45) is 0 Å². The lowest BCUT2D eigenvalue weighted by molar-refractivity contribution is 0.0921. The van der Waals surface area contributed by atoms with Crippen LogP contribution in [0.15, 0.2) is 77.0 Å². The van der Waals surface area contributed by atoms with Gasteiger partial charge in [0.1, 0.15) is 17.2 Å². The third-order valence-corrected chi connectivity index (χ3v) is 5.20. The van der Waals surface area contributed by atoms with Gasteiger partial charge in [0.05, 0.1) is 12.2 Å². The van der Waals surface area contributed by atoms with Gasteiger partial charge in [0.2, 0.25) is 5.78 Å². The van der Waals surface area contributed by atoms with Gasteiger partial charge in [-0.2, -0.15) is 0 Å². The standard InChI is InChI=1S/C25H19BrO5/c1-2-29-19-9-3-16(4-10-19)13-24-25(28)21-12-11-20(14-23(21)31-24)30-15-22(27)17-5-7-18(26)8-6-17/h3-14H,2,15H2,1H3. The van der Waals surface area contributed by atoms with Crippen LogP contribution in [0.2, 0.25) is 0 Å². The molecule has 5 nitrogen and oxygen atoms in total. The Labute approximate surface area is 188 Å². The molecule has 0 amide bonds. The number of ether oxygens (including phenoxy) is 3. The van der Waals surface area contributed by atoms with Gasteiger partial charge >= 0.3 is 0 Å². The average molecular weight is 479 g/mol. The lowest BCUT2D eigenvalue weighted by atomic mass is 10.1. The van der Waals surface area contributed by atoms with Gasteiger partial charge in [-0.15, -0.1) is 0 Å². The highest BCUT2D eigenvalue weighted by molar-refractivity contribution is 9.10. The SMILES string of the molecule is CCOc1ccc(C=C2Oc3cc(OCC(=O)c4ccc(Br)cc4)ccc3C2=O)cc1. The summed E-state index contributed by atoms with van der Waals surface area (Å²) >= 11 is 3.34. The first-order valence-electron chi connectivity index (χ1n) is 9.76. The molecule has 0 atom stereocenters. The summed E-state index contributed by atoms with van der Waals surface area (Å²) in [5.74, 6) is 1.55. The number of carbonyl (C=O) groups is 2. The third-order valence-electron chi connectivity index (χ3n) is 4.67. The number of benzene rings is 3. The molecular formula is C25H19BrO5. The van der Waals surface area contributed by atoms with Gasteiger partial charge < -0.3 is 14.2 Å². The summed E-state index contributed by atoms with van der Waals surface area (Å²) in [6, 6.07) is 19.4. The van der Waals surface area contributed by atoms with Crippen LogP contribution < -0.4 is 14.2 Å². The Morgan fingerprint density at radius 2 is 1.68 bits per heavy atom. The Morgan fingerprint density at radius 3 is 2.39 bits per heavy atom. The molecule has 1 heterocycles. The first kappa shape index (κ1) is 20.9. The number of Topliss-reactive ketones (excluding diaryl/α,β-unsaturated/α-hetero) is 2. The second kappa shape index (κ2) is 9.18. The number of allylic oxidation sites excluding steroid dienone is 1. The normalized spacial score (nSPS) is 13.6. The van der Waals surface area contributed by atoms with Gasteiger partial charge in [0.15, 0.2) is 18.1 Å². The number of rotatable bonds is 7. The number of halogens is 1. The molecule has 0 aromatic heterocycles. The Hall–Kier alpha value is -3.38. The van der Waals surface area contributed by atoms with Crippen LogP contribution in [0.5, 0.6) is 17.2 Å². The van der Waals surface area contributed by atoms with Crippen molar-refractivity contribution >= 4 is 33.6 Å². The third kappa shape index (κ3) is 4.86. The summed E-state index contributed by atoms with van der Waals surface area (Å²) in [4.78, 5) is 24.9. The average Bonchev–Trinajstić information content (AvgIpc) is 3.08. The fourth-order valence-electron chi connectivity index (χ4n) is 3.10. The molecule has 0 fully saturated rings. The minimum absolute atomic E-state index is 0.108. The van der Waals surface area contributed by atoms with Crippen LogP contribution in [0.3, 0.4) is 0 Å². The molecule has 0 unspecified atom stereocenters. The van der Waals surface area contributed by atoms with Crippen LogP contribution >= 0.6 is 15.9 Å². The molecule has 0 N–H and O–H groups in total. The Morgan fingerprint density at radius 1 is 0.968 bits per heavy atom. The summed E-state index contributed by atoms with van der Waals surface area (Å²) in [6.07, 6.45) is 1.69.